The number of aryl methyl sites for hydroxylation is 1. The molecule has 0 atom stereocenters. The minimum atomic E-state index is -3.96. The molecule has 0 saturated heterocycles. The maximum atomic E-state index is 12.0. The maximum absolute atomic E-state index is 12.0. The van der Waals surface area contributed by atoms with E-state index < -0.39 is 10.0 Å². The molecule has 2 aromatic rings. The largest absolute Gasteiger partial charge is 0.495 e. The van der Waals surface area contributed by atoms with Crippen LogP contribution in [0.25, 0.3) is 0 Å². The van der Waals surface area contributed by atoms with Gasteiger partial charge in [0.2, 0.25) is 21.1 Å². The molecule has 0 aliphatic heterocycles. The molecule has 0 aliphatic carbocycles. The number of hydrogen-bond donors (Lipinski definition) is 3. The highest BCUT2D eigenvalue weighted by Gasteiger charge is 2.16. The summed E-state index contributed by atoms with van der Waals surface area (Å²) in [6.07, 6.45) is 0.724. The van der Waals surface area contributed by atoms with Crippen LogP contribution in [0.1, 0.15) is 12.7 Å². The van der Waals surface area contributed by atoms with E-state index in [1.54, 1.807) is 0 Å². The highest BCUT2D eigenvalue weighted by Crippen LogP contribution is 2.26. The number of aromatic nitrogens is 3. The third-order valence-corrected chi connectivity index (χ3v) is 4.71. The van der Waals surface area contributed by atoms with Crippen LogP contribution >= 0.6 is 11.8 Å². The van der Waals surface area contributed by atoms with Gasteiger partial charge >= 0.3 is 0 Å². The van der Waals surface area contributed by atoms with Crippen molar-refractivity contribution in [2.24, 2.45) is 5.14 Å². The van der Waals surface area contributed by atoms with Crippen molar-refractivity contribution < 1.29 is 17.9 Å². The summed E-state index contributed by atoms with van der Waals surface area (Å²) in [4.78, 5) is 16.0. The lowest BCUT2D eigenvalue weighted by atomic mass is 10.3. The number of aromatic amines is 1. The molecule has 0 spiro atoms. The van der Waals surface area contributed by atoms with E-state index in [0.717, 1.165) is 12.2 Å². The van der Waals surface area contributed by atoms with E-state index in [4.69, 9.17) is 9.88 Å². The molecular weight excluding hydrogens is 354 g/mol. The Morgan fingerprint density at radius 3 is 2.79 bits per heavy atom. The number of thioether (sulfide) groups is 1. The van der Waals surface area contributed by atoms with Gasteiger partial charge in [0.05, 0.1) is 12.9 Å². The summed E-state index contributed by atoms with van der Waals surface area (Å²) in [5, 5.41) is 14.9. The zero-order valence-corrected chi connectivity index (χ0v) is 14.7. The van der Waals surface area contributed by atoms with Crippen molar-refractivity contribution in [1.82, 2.24) is 15.2 Å². The van der Waals surface area contributed by atoms with E-state index >= 15 is 0 Å². The Labute approximate surface area is 143 Å². The molecule has 1 amide bonds. The van der Waals surface area contributed by atoms with Crippen LogP contribution in [0.5, 0.6) is 5.75 Å². The Morgan fingerprint density at radius 1 is 1.46 bits per heavy atom. The molecule has 11 heteroatoms. The number of amides is 1. The summed E-state index contributed by atoms with van der Waals surface area (Å²) in [7, 11) is -2.63. The smallest absolute Gasteiger partial charge is 0.241 e. The lowest BCUT2D eigenvalue weighted by Crippen LogP contribution is -2.17. The van der Waals surface area contributed by atoms with Gasteiger partial charge in [0.25, 0.3) is 0 Å². The number of sulfonamides is 1. The van der Waals surface area contributed by atoms with Gasteiger partial charge < -0.3 is 10.1 Å². The second-order valence-electron chi connectivity index (χ2n) is 4.67. The molecular formula is C13H17N5O4S2. The normalized spacial score (nSPS) is 11.3. The highest BCUT2D eigenvalue weighted by atomic mass is 32.2. The number of H-pyrrole nitrogens is 1. The van der Waals surface area contributed by atoms with Crippen molar-refractivity contribution >= 4 is 33.4 Å². The monoisotopic (exact) mass is 371 g/mol. The van der Waals surface area contributed by atoms with Gasteiger partial charge in [-0.25, -0.2) is 18.5 Å². The van der Waals surface area contributed by atoms with Crippen molar-refractivity contribution in [3.8, 4) is 5.75 Å². The second kappa shape index (κ2) is 7.64. The molecule has 1 heterocycles. The summed E-state index contributed by atoms with van der Waals surface area (Å²) in [5.74, 6) is 0.606. The summed E-state index contributed by atoms with van der Waals surface area (Å²) >= 11 is 1.17. The molecule has 2 rings (SSSR count). The molecule has 0 fully saturated rings. The number of nitrogens with one attached hydrogen (secondary N) is 2. The minimum absolute atomic E-state index is 0.0811. The van der Waals surface area contributed by atoms with Crippen molar-refractivity contribution in [2.45, 2.75) is 23.4 Å². The molecule has 0 saturated carbocycles. The van der Waals surface area contributed by atoms with Gasteiger partial charge in [-0.1, -0.05) is 18.7 Å². The average Bonchev–Trinajstić information content (AvgIpc) is 3.00. The van der Waals surface area contributed by atoms with Crippen LogP contribution in [0, 0.1) is 0 Å². The number of benzene rings is 1. The van der Waals surface area contributed by atoms with Crippen molar-refractivity contribution in [2.75, 3.05) is 18.2 Å². The van der Waals surface area contributed by atoms with Crippen molar-refractivity contribution in [3.63, 3.8) is 0 Å². The predicted molar refractivity (Wildman–Crippen MR) is 89.5 cm³/mol. The topological polar surface area (TPSA) is 140 Å². The number of ether oxygens (including phenoxy) is 1. The maximum Gasteiger partial charge on any atom is 0.241 e. The lowest BCUT2D eigenvalue weighted by Gasteiger charge is -2.10. The number of primary sulfonamides is 1. The van der Waals surface area contributed by atoms with Crippen LogP contribution in [0.3, 0.4) is 0 Å². The van der Waals surface area contributed by atoms with Crippen LogP contribution < -0.4 is 15.2 Å². The van der Waals surface area contributed by atoms with Gasteiger partial charge in [0.15, 0.2) is 0 Å². The fourth-order valence-electron chi connectivity index (χ4n) is 1.80. The van der Waals surface area contributed by atoms with Crippen LogP contribution in [-0.4, -0.2) is 42.4 Å². The number of carbonyl (C=O) groups excluding carboxylic acids is 1. The van der Waals surface area contributed by atoms with Crippen LogP contribution in [-0.2, 0) is 21.2 Å². The van der Waals surface area contributed by atoms with E-state index in [9.17, 15) is 13.2 Å². The number of anilines is 1. The minimum Gasteiger partial charge on any atom is -0.495 e. The average molecular weight is 371 g/mol. The Balaban J connectivity index is 2.03. The van der Waals surface area contributed by atoms with Gasteiger partial charge in [-0.15, -0.1) is 5.10 Å². The Bertz CT molecular complexity index is 835. The SMILES string of the molecule is CCc1nc(SCC(=O)Nc2ccc(OC)c(S(N)(=O)=O)c2)n[nH]1. The molecule has 0 radical (unpaired) electrons. The zero-order chi connectivity index (χ0) is 17.7. The molecule has 0 unspecified atom stereocenters. The van der Waals surface area contributed by atoms with Crippen LogP contribution in [0.15, 0.2) is 28.3 Å². The fourth-order valence-corrected chi connectivity index (χ4v) is 3.14. The standard InChI is InChI=1S/C13H17N5O4S2/c1-3-11-16-13(18-17-11)23-7-12(19)15-8-4-5-9(22-2)10(6-8)24(14,20)21/h4-6H,3,7H2,1-2H3,(H,15,19)(H2,14,20,21)(H,16,17,18). The van der Waals surface area contributed by atoms with Crippen molar-refractivity contribution in [1.29, 1.82) is 0 Å². The van der Waals surface area contributed by atoms with Crippen LogP contribution in [0.2, 0.25) is 0 Å². The Kier molecular flexibility index (Phi) is 5.80. The van der Waals surface area contributed by atoms with Gasteiger partial charge in [0.1, 0.15) is 16.5 Å². The molecule has 0 aliphatic rings. The molecule has 1 aromatic heterocycles. The molecule has 9 nitrogen and oxygen atoms in total. The van der Waals surface area contributed by atoms with Gasteiger partial charge in [-0.3, -0.25) is 9.89 Å². The number of methoxy groups -OCH3 is 1. The third kappa shape index (κ3) is 4.69. The number of hydrogen-bond acceptors (Lipinski definition) is 7. The number of rotatable bonds is 7. The molecule has 4 N–H and O–H groups in total. The fraction of sp³-hybridized carbons (Fsp3) is 0.308. The quantitative estimate of drug-likeness (QED) is 0.610. The van der Waals surface area contributed by atoms with E-state index in [2.05, 4.69) is 20.5 Å². The zero-order valence-electron chi connectivity index (χ0n) is 13.1. The lowest BCUT2D eigenvalue weighted by molar-refractivity contribution is -0.113. The highest BCUT2D eigenvalue weighted by molar-refractivity contribution is 7.99. The number of nitrogens with zero attached hydrogens (tertiary/aromatic N) is 2. The predicted octanol–water partition coefficient (Wildman–Crippen LogP) is 0.754. The molecule has 130 valence electrons. The molecule has 24 heavy (non-hydrogen) atoms. The van der Waals surface area contributed by atoms with Crippen molar-refractivity contribution in [3.05, 3.63) is 24.0 Å². The summed E-state index contributed by atoms with van der Waals surface area (Å²) in [5.41, 5.74) is 0.301. The summed E-state index contributed by atoms with van der Waals surface area (Å²) < 4.78 is 28.1. The third-order valence-electron chi connectivity index (χ3n) is 2.93. The summed E-state index contributed by atoms with van der Waals surface area (Å²) in [6, 6.07) is 4.20. The Morgan fingerprint density at radius 2 is 2.21 bits per heavy atom. The first-order chi connectivity index (χ1) is 11.3. The number of carbonyl (C=O) groups is 1. The van der Waals surface area contributed by atoms with E-state index in [1.807, 2.05) is 6.92 Å². The van der Waals surface area contributed by atoms with Gasteiger partial charge in [0, 0.05) is 12.1 Å². The molecule has 1 aromatic carbocycles. The van der Waals surface area contributed by atoms with E-state index in [0.29, 0.717) is 10.8 Å². The van der Waals surface area contributed by atoms with Crippen LogP contribution in [0.4, 0.5) is 5.69 Å². The molecule has 0 bridgehead atoms. The number of nitrogens with two attached hydrogens (primary N) is 1. The first kappa shape index (κ1) is 18.2. The van der Waals surface area contributed by atoms with E-state index in [-0.39, 0.29) is 22.3 Å². The van der Waals surface area contributed by atoms with Gasteiger partial charge in [-0.05, 0) is 18.2 Å². The second-order valence-corrected chi connectivity index (χ2v) is 7.14. The van der Waals surface area contributed by atoms with E-state index in [1.165, 1.54) is 37.1 Å². The van der Waals surface area contributed by atoms with Gasteiger partial charge in [-0.2, -0.15) is 0 Å². The first-order valence-electron chi connectivity index (χ1n) is 6.88. The Hall–Kier alpha value is -2.11. The first-order valence-corrected chi connectivity index (χ1v) is 9.41. The summed E-state index contributed by atoms with van der Waals surface area (Å²) in [6.45, 7) is 1.94.